The predicted molar refractivity (Wildman–Crippen MR) is 53.2 cm³/mol. The average Bonchev–Trinajstić information content (AvgIpc) is 2.41. The van der Waals surface area contributed by atoms with Crippen molar-refractivity contribution in [2.24, 2.45) is 5.41 Å². The van der Waals surface area contributed by atoms with Crippen LogP contribution in [0.15, 0.2) is 0 Å². The minimum absolute atomic E-state index is 0.109. The van der Waals surface area contributed by atoms with Gasteiger partial charge >= 0.3 is 0 Å². The summed E-state index contributed by atoms with van der Waals surface area (Å²) in [7, 11) is 0. The topological polar surface area (TPSA) is 20.2 Å². The quantitative estimate of drug-likeness (QED) is 0.565. The second-order valence-corrected chi connectivity index (χ2v) is 4.70. The number of hydrogen-bond acceptors (Lipinski definition) is 1. The highest BCUT2D eigenvalue weighted by molar-refractivity contribution is 5.22. The summed E-state index contributed by atoms with van der Waals surface area (Å²) in [4.78, 5) is 0. The minimum atomic E-state index is -0.753. The van der Waals surface area contributed by atoms with E-state index in [0.717, 1.165) is 25.7 Å². The summed E-state index contributed by atoms with van der Waals surface area (Å²) in [6.45, 7) is 0. The van der Waals surface area contributed by atoms with E-state index in [4.69, 9.17) is 6.42 Å². The molecule has 1 N–H and O–H groups in total. The van der Waals surface area contributed by atoms with E-state index in [1.54, 1.807) is 0 Å². The van der Waals surface area contributed by atoms with Crippen LogP contribution in [-0.4, -0.2) is 10.7 Å². The van der Waals surface area contributed by atoms with Crippen LogP contribution in [0.3, 0.4) is 0 Å². The molecule has 2 aliphatic rings. The molecule has 0 amide bonds. The van der Waals surface area contributed by atoms with Crippen LogP contribution < -0.4 is 0 Å². The zero-order chi connectivity index (χ0) is 9.36. The molecular formula is C12H18O. The van der Waals surface area contributed by atoms with Crippen molar-refractivity contribution in [2.75, 3.05) is 0 Å². The molecule has 0 aromatic heterocycles. The van der Waals surface area contributed by atoms with Crippen molar-refractivity contribution < 1.29 is 5.11 Å². The Hall–Kier alpha value is -0.480. The standard InChI is InChI=1S/C12H18O/c1-2-12(13)10-9-11(12)7-5-3-4-6-8-11/h1,13H,3-10H2. The van der Waals surface area contributed by atoms with Gasteiger partial charge in [0.05, 0.1) is 0 Å². The summed E-state index contributed by atoms with van der Waals surface area (Å²) in [6, 6.07) is 0. The molecule has 13 heavy (non-hydrogen) atoms. The van der Waals surface area contributed by atoms with Crippen LogP contribution in [0.5, 0.6) is 0 Å². The zero-order valence-corrected chi connectivity index (χ0v) is 8.18. The molecule has 0 bridgehead atoms. The first-order valence-electron chi connectivity index (χ1n) is 5.43. The van der Waals surface area contributed by atoms with Crippen molar-refractivity contribution in [2.45, 2.75) is 57.0 Å². The van der Waals surface area contributed by atoms with Gasteiger partial charge in [-0.1, -0.05) is 31.6 Å². The molecular weight excluding hydrogens is 160 g/mol. The summed E-state index contributed by atoms with van der Waals surface area (Å²) in [6.07, 6.45) is 14.8. The summed E-state index contributed by atoms with van der Waals surface area (Å²) in [5, 5.41) is 10.2. The molecule has 0 aromatic rings. The van der Waals surface area contributed by atoms with E-state index in [-0.39, 0.29) is 5.41 Å². The number of hydrogen-bond donors (Lipinski definition) is 1. The second kappa shape index (κ2) is 3.03. The Morgan fingerprint density at radius 1 is 0.923 bits per heavy atom. The van der Waals surface area contributed by atoms with Crippen LogP contribution >= 0.6 is 0 Å². The lowest BCUT2D eigenvalue weighted by Gasteiger charge is -2.53. The first-order chi connectivity index (χ1) is 6.22. The van der Waals surface area contributed by atoms with E-state index in [1.807, 2.05) is 0 Å². The third kappa shape index (κ3) is 1.20. The predicted octanol–water partition coefficient (Wildman–Crippen LogP) is 2.49. The Morgan fingerprint density at radius 2 is 1.54 bits per heavy atom. The maximum atomic E-state index is 10.2. The highest BCUT2D eigenvalue weighted by atomic mass is 16.3. The third-order valence-electron chi connectivity index (χ3n) is 4.14. The van der Waals surface area contributed by atoms with Gasteiger partial charge in [0.2, 0.25) is 0 Å². The molecule has 2 saturated carbocycles. The molecule has 72 valence electrons. The molecule has 1 heteroatoms. The first-order valence-corrected chi connectivity index (χ1v) is 5.43. The lowest BCUT2D eigenvalue weighted by Crippen LogP contribution is -2.56. The van der Waals surface area contributed by atoms with Gasteiger partial charge in [0, 0.05) is 5.41 Å². The normalized spacial score (nSPS) is 37.5. The maximum absolute atomic E-state index is 10.2. The third-order valence-corrected chi connectivity index (χ3v) is 4.14. The van der Waals surface area contributed by atoms with Gasteiger partial charge in [-0.05, 0) is 25.7 Å². The van der Waals surface area contributed by atoms with E-state index in [1.165, 1.54) is 25.7 Å². The van der Waals surface area contributed by atoms with Gasteiger partial charge in [-0.15, -0.1) is 6.42 Å². The van der Waals surface area contributed by atoms with Crippen molar-refractivity contribution in [3.8, 4) is 12.3 Å². The molecule has 1 unspecified atom stereocenters. The van der Waals surface area contributed by atoms with E-state index < -0.39 is 5.60 Å². The molecule has 1 nitrogen and oxygen atoms in total. The smallest absolute Gasteiger partial charge is 0.130 e. The Morgan fingerprint density at radius 3 is 1.92 bits per heavy atom. The highest BCUT2D eigenvalue weighted by Crippen LogP contribution is 2.57. The zero-order valence-electron chi connectivity index (χ0n) is 8.18. The van der Waals surface area contributed by atoms with E-state index >= 15 is 0 Å². The molecule has 0 aromatic carbocycles. The fraction of sp³-hybridized carbons (Fsp3) is 0.833. The number of terminal acetylenes is 1. The lowest BCUT2D eigenvalue weighted by atomic mass is 9.53. The SMILES string of the molecule is C#CC1(O)CCC12CCCCCC2. The van der Waals surface area contributed by atoms with Crippen LogP contribution in [-0.2, 0) is 0 Å². The van der Waals surface area contributed by atoms with Crippen LogP contribution in [0, 0.1) is 17.8 Å². The van der Waals surface area contributed by atoms with Crippen LogP contribution in [0.4, 0.5) is 0 Å². The van der Waals surface area contributed by atoms with Crippen molar-refractivity contribution in [1.29, 1.82) is 0 Å². The summed E-state index contributed by atoms with van der Waals surface area (Å²) in [5.41, 5.74) is -0.643. The van der Waals surface area contributed by atoms with Crippen LogP contribution in [0.2, 0.25) is 0 Å². The molecule has 0 heterocycles. The van der Waals surface area contributed by atoms with Gasteiger partial charge in [0.15, 0.2) is 0 Å². The van der Waals surface area contributed by atoms with Crippen LogP contribution in [0.25, 0.3) is 0 Å². The van der Waals surface area contributed by atoms with Gasteiger partial charge in [0.25, 0.3) is 0 Å². The second-order valence-electron chi connectivity index (χ2n) is 4.70. The summed E-state index contributed by atoms with van der Waals surface area (Å²) in [5.74, 6) is 2.62. The Kier molecular flexibility index (Phi) is 2.12. The van der Waals surface area contributed by atoms with Gasteiger partial charge in [0.1, 0.15) is 5.60 Å². The summed E-state index contributed by atoms with van der Waals surface area (Å²) >= 11 is 0. The highest BCUT2D eigenvalue weighted by Gasteiger charge is 2.56. The number of rotatable bonds is 0. The molecule has 0 aliphatic heterocycles. The number of aliphatic hydroxyl groups is 1. The molecule has 0 saturated heterocycles. The van der Waals surface area contributed by atoms with E-state index in [2.05, 4.69) is 5.92 Å². The Labute approximate surface area is 80.5 Å². The molecule has 0 radical (unpaired) electrons. The average molecular weight is 178 g/mol. The molecule has 2 aliphatic carbocycles. The van der Waals surface area contributed by atoms with Gasteiger partial charge in [-0.3, -0.25) is 0 Å². The fourth-order valence-electron chi connectivity index (χ4n) is 3.01. The first kappa shape index (κ1) is 9.09. The summed E-state index contributed by atoms with van der Waals surface area (Å²) < 4.78 is 0. The monoisotopic (exact) mass is 178 g/mol. The lowest BCUT2D eigenvalue weighted by molar-refractivity contribution is -0.131. The Bertz CT molecular complexity index is 230. The largest absolute Gasteiger partial charge is 0.377 e. The van der Waals surface area contributed by atoms with Crippen molar-refractivity contribution >= 4 is 0 Å². The van der Waals surface area contributed by atoms with Gasteiger partial charge < -0.3 is 5.11 Å². The van der Waals surface area contributed by atoms with Crippen molar-refractivity contribution in [3.63, 3.8) is 0 Å². The van der Waals surface area contributed by atoms with E-state index in [9.17, 15) is 5.11 Å². The molecule has 1 spiro atoms. The maximum Gasteiger partial charge on any atom is 0.130 e. The van der Waals surface area contributed by atoms with Crippen LogP contribution in [0.1, 0.15) is 51.4 Å². The van der Waals surface area contributed by atoms with Crippen molar-refractivity contribution in [3.05, 3.63) is 0 Å². The van der Waals surface area contributed by atoms with E-state index in [0.29, 0.717) is 0 Å². The van der Waals surface area contributed by atoms with Crippen molar-refractivity contribution in [1.82, 2.24) is 0 Å². The molecule has 1 atom stereocenters. The minimum Gasteiger partial charge on any atom is -0.377 e. The molecule has 2 fully saturated rings. The molecule has 2 rings (SSSR count). The fourth-order valence-corrected chi connectivity index (χ4v) is 3.01. The van der Waals surface area contributed by atoms with Gasteiger partial charge in [-0.2, -0.15) is 0 Å². The Balaban J connectivity index is 2.15. The van der Waals surface area contributed by atoms with Gasteiger partial charge in [-0.25, -0.2) is 0 Å².